The molecule has 0 saturated heterocycles. The maximum absolute atomic E-state index is 12.3. The van der Waals surface area contributed by atoms with Crippen LogP contribution in [-0.2, 0) is 14.8 Å². The highest BCUT2D eigenvalue weighted by molar-refractivity contribution is 7.89. The highest BCUT2D eigenvalue weighted by Gasteiger charge is 2.18. The summed E-state index contributed by atoms with van der Waals surface area (Å²) in [5.41, 5.74) is 3.22. The summed E-state index contributed by atoms with van der Waals surface area (Å²) in [6, 6.07) is 12.4. The van der Waals surface area contributed by atoms with Gasteiger partial charge in [0.15, 0.2) is 0 Å². The van der Waals surface area contributed by atoms with E-state index in [1.807, 2.05) is 32.0 Å². The Morgan fingerprint density at radius 3 is 2.35 bits per heavy atom. The molecule has 0 aromatic heterocycles. The van der Waals surface area contributed by atoms with Crippen LogP contribution in [0.4, 0.5) is 5.69 Å². The number of aryl methyl sites for hydroxylation is 3. The van der Waals surface area contributed by atoms with Crippen LogP contribution in [0.2, 0.25) is 0 Å². The van der Waals surface area contributed by atoms with Crippen LogP contribution in [0.1, 0.15) is 16.7 Å². The summed E-state index contributed by atoms with van der Waals surface area (Å²) in [7, 11) is -3.72. The molecule has 0 spiro atoms. The standard InChI is InChI=1S/C17H20N2O3S/c1-12-8-9-16(14(3)10-12)23(21,22)18-11-17(20)19-15-7-5-4-6-13(15)2/h4-10,18H,11H2,1-3H3,(H,19,20). The second-order valence-electron chi connectivity index (χ2n) is 5.46. The summed E-state index contributed by atoms with van der Waals surface area (Å²) in [5, 5.41) is 2.69. The van der Waals surface area contributed by atoms with E-state index in [0.29, 0.717) is 11.3 Å². The van der Waals surface area contributed by atoms with E-state index in [1.54, 1.807) is 31.2 Å². The van der Waals surface area contributed by atoms with Crippen molar-refractivity contribution in [3.8, 4) is 0 Å². The Labute approximate surface area is 136 Å². The molecule has 2 rings (SSSR count). The van der Waals surface area contributed by atoms with Crippen LogP contribution >= 0.6 is 0 Å². The van der Waals surface area contributed by atoms with Crippen LogP contribution in [0, 0.1) is 20.8 Å². The van der Waals surface area contributed by atoms with E-state index in [1.165, 1.54) is 0 Å². The Morgan fingerprint density at radius 1 is 1.00 bits per heavy atom. The summed E-state index contributed by atoms with van der Waals surface area (Å²) >= 11 is 0. The van der Waals surface area contributed by atoms with Gasteiger partial charge in [-0.1, -0.05) is 35.9 Å². The fraction of sp³-hybridized carbons (Fsp3) is 0.235. The smallest absolute Gasteiger partial charge is 0.241 e. The lowest BCUT2D eigenvalue weighted by Crippen LogP contribution is -2.33. The molecule has 2 aromatic rings. The minimum Gasteiger partial charge on any atom is -0.325 e. The zero-order chi connectivity index (χ0) is 17.0. The molecule has 122 valence electrons. The topological polar surface area (TPSA) is 75.3 Å². The summed E-state index contributed by atoms with van der Waals surface area (Å²) in [4.78, 5) is 12.1. The molecule has 0 aliphatic rings. The van der Waals surface area contributed by atoms with Crippen LogP contribution < -0.4 is 10.0 Å². The highest BCUT2D eigenvalue weighted by Crippen LogP contribution is 2.16. The number of sulfonamides is 1. The number of benzene rings is 2. The van der Waals surface area contributed by atoms with Crippen LogP contribution in [0.15, 0.2) is 47.4 Å². The Kier molecular flexibility index (Phi) is 5.18. The third-order valence-corrected chi connectivity index (χ3v) is 5.02. The predicted octanol–water partition coefficient (Wildman–Crippen LogP) is 2.53. The average molecular weight is 332 g/mol. The fourth-order valence-electron chi connectivity index (χ4n) is 2.25. The van der Waals surface area contributed by atoms with Gasteiger partial charge in [0.25, 0.3) is 0 Å². The van der Waals surface area contributed by atoms with E-state index in [9.17, 15) is 13.2 Å². The molecule has 23 heavy (non-hydrogen) atoms. The Balaban J connectivity index is 2.04. The third-order valence-electron chi connectivity index (χ3n) is 3.46. The minimum atomic E-state index is -3.72. The minimum absolute atomic E-state index is 0.187. The first-order chi connectivity index (χ1) is 10.8. The molecule has 0 aliphatic carbocycles. The molecule has 0 radical (unpaired) electrons. The van der Waals surface area contributed by atoms with E-state index in [2.05, 4.69) is 10.0 Å². The molecule has 0 unspecified atom stereocenters. The van der Waals surface area contributed by atoms with Crippen molar-refractivity contribution < 1.29 is 13.2 Å². The largest absolute Gasteiger partial charge is 0.325 e. The molecular weight excluding hydrogens is 312 g/mol. The van der Waals surface area contributed by atoms with E-state index >= 15 is 0 Å². The van der Waals surface area contributed by atoms with Crippen molar-refractivity contribution >= 4 is 21.6 Å². The van der Waals surface area contributed by atoms with Gasteiger partial charge in [-0.15, -0.1) is 0 Å². The summed E-state index contributed by atoms with van der Waals surface area (Å²) in [5.74, 6) is -0.410. The van der Waals surface area contributed by atoms with Gasteiger partial charge >= 0.3 is 0 Å². The van der Waals surface area contributed by atoms with Gasteiger partial charge in [-0.2, -0.15) is 0 Å². The second-order valence-corrected chi connectivity index (χ2v) is 7.19. The van der Waals surface area contributed by atoms with Gasteiger partial charge < -0.3 is 5.32 Å². The van der Waals surface area contributed by atoms with Gasteiger partial charge in [0.1, 0.15) is 0 Å². The van der Waals surface area contributed by atoms with Gasteiger partial charge in [-0.25, -0.2) is 13.1 Å². The molecule has 0 fully saturated rings. The molecule has 0 saturated carbocycles. The van der Waals surface area contributed by atoms with E-state index in [-0.39, 0.29) is 11.4 Å². The van der Waals surface area contributed by atoms with Gasteiger partial charge in [0, 0.05) is 5.69 Å². The number of carbonyl (C=O) groups is 1. The van der Waals surface area contributed by atoms with Crippen LogP contribution in [-0.4, -0.2) is 20.9 Å². The van der Waals surface area contributed by atoms with E-state index < -0.39 is 15.9 Å². The van der Waals surface area contributed by atoms with Crippen LogP contribution in [0.5, 0.6) is 0 Å². The molecule has 0 bridgehead atoms. The highest BCUT2D eigenvalue weighted by atomic mass is 32.2. The molecule has 6 heteroatoms. The maximum atomic E-state index is 12.3. The lowest BCUT2D eigenvalue weighted by molar-refractivity contribution is -0.115. The van der Waals surface area contributed by atoms with Crippen molar-refractivity contribution in [2.45, 2.75) is 25.7 Å². The number of anilines is 1. The summed E-state index contributed by atoms with van der Waals surface area (Å²) in [6.07, 6.45) is 0. The van der Waals surface area contributed by atoms with Gasteiger partial charge in [-0.05, 0) is 44.0 Å². The Hall–Kier alpha value is -2.18. The summed E-state index contributed by atoms with van der Waals surface area (Å²) in [6.45, 7) is 5.18. The van der Waals surface area contributed by atoms with Crippen molar-refractivity contribution in [2.75, 3.05) is 11.9 Å². The molecule has 0 aliphatic heterocycles. The Morgan fingerprint density at radius 2 is 1.70 bits per heavy atom. The molecular formula is C17H20N2O3S. The first-order valence-corrected chi connectivity index (χ1v) is 8.70. The number of hydrogen-bond acceptors (Lipinski definition) is 3. The number of rotatable bonds is 5. The number of amides is 1. The van der Waals surface area contributed by atoms with Crippen LogP contribution in [0.3, 0.4) is 0 Å². The van der Waals surface area contributed by atoms with Crippen molar-refractivity contribution in [2.24, 2.45) is 0 Å². The molecule has 0 heterocycles. The van der Waals surface area contributed by atoms with Crippen LogP contribution in [0.25, 0.3) is 0 Å². The van der Waals surface area contributed by atoms with Crippen molar-refractivity contribution in [1.82, 2.24) is 4.72 Å². The monoisotopic (exact) mass is 332 g/mol. The number of para-hydroxylation sites is 1. The normalized spacial score (nSPS) is 11.3. The van der Waals surface area contributed by atoms with Gasteiger partial charge in [-0.3, -0.25) is 4.79 Å². The lowest BCUT2D eigenvalue weighted by Gasteiger charge is -2.11. The predicted molar refractivity (Wildman–Crippen MR) is 90.9 cm³/mol. The first-order valence-electron chi connectivity index (χ1n) is 7.22. The summed E-state index contributed by atoms with van der Waals surface area (Å²) < 4.78 is 26.9. The SMILES string of the molecule is Cc1ccc(S(=O)(=O)NCC(=O)Nc2ccccc2C)c(C)c1. The molecule has 5 nitrogen and oxygen atoms in total. The number of nitrogens with one attached hydrogen (secondary N) is 2. The third kappa shape index (κ3) is 4.40. The Bertz CT molecular complexity index is 829. The number of hydrogen-bond donors (Lipinski definition) is 2. The van der Waals surface area contributed by atoms with Crippen molar-refractivity contribution in [3.63, 3.8) is 0 Å². The van der Waals surface area contributed by atoms with Crippen molar-refractivity contribution in [3.05, 3.63) is 59.2 Å². The van der Waals surface area contributed by atoms with Gasteiger partial charge in [0.05, 0.1) is 11.4 Å². The molecule has 2 N–H and O–H groups in total. The molecule has 0 atom stereocenters. The van der Waals surface area contributed by atoms with Crippen molar-refractivity contribution in [1.29, 1.82) is 0 Å². The van der Waals surface area contributed by atoms with E-state index in [0.717, 1.165) is 11.1 Å². The lowest BCUT2D eigenvalue weighted by atomic mass is 10.2. The molecule has 2 aromatic carbocycles. The first kappa shape index (κ1) is 17.2. The zero-order valence-electron chi connectivity index (χ0n) is 13.4. The van der Waals surface area contributed by atoms with E-state index in [4.69, 9.17) is 0 Å². The average Bonchev–Trinajstić information content (AvgIpc) is 2.47. The fourth-order valence-corrected chi connectivity index (χ4v) is 3.45. The quantitative estimate of drug-likeness (QED) is 0.883. The molecule has 1 amide bonds. The number of carbonyl (C=O) groups excluding carboxylic acids is 1. The van der Waals surface area contributed by atoms with Gasteiger partial charge in [0.2, 0.25) is 15.9 Å². The zero-order valence-corrected chi connectivity index (χ0v) is 14.2. The maximum Gasteiger partial charge on any atom is 0.241 e. The second kappa shape index (κ2) is 6.93.